The Hall–Kier alpha value is -1.84. The number of rotatable bonds is 4. The first-order valence-electron chi connectivity index (χ1n) is 8.01. The smallest absolute Gasteiger partial charge is 0.123 e. The lowest BCUT2D eigenvalue weighted by atomic mass is 9.94. The number of benzene rings is 2. The van der Waals surface area contributed by atoms with E-state index < -0.39 is 0 Å². The van der Waals surface area contributed by atoms with Gasteiger partial charge in [-0.15, -0.1) is 0 Å². The molecule has 1 saturated heterocycles. The van der Waals surface area contributed by atoms with Crippen LogP contribution < -0.4 is 10.1 Å². The number of para-hydroxylation sites is 1. The van der Waals surface area contributed by atoms with Crippen molar-refractivity contribution in [1.82, 2.24) is 5.32 Å². The van der Waals surface area contributed by atoms with Gasteiger partial charge in [-0.1, -0.05) is 48.5 Å². The summed E-state index contributed by atoms with van der Waals surface area (Å²) in [6.45, 7) is 2.44. The lowest BCUT2D eigenvalue weighted by Gasteiger charge is -2.21. The van der Waals surface area contributed by atoms with Crippen LogP contribution >= 0.6 is 0 Å². The molecule has 2 aromatic carbocycles. The molecule has 0 saturated carbocycles. The Morgan fingerprint density at radius 2 is 1.77 bits per heavy atom. The molecule has 0 aromatic heterocycles. The number of hydrogen-bond acceptors (Lipinski definition) is 3. The summed E-state index contributed by atoms with van der Waals surface area (Å²) in [4.78, 5) is 0. The molecular weight excluding hydrogens is 274 g/mol. The van der Waals surface area contributed by atoms with Crippen LogP contribution in [0.1, 0.15) is 17.0 Å². The van der Waals surface area contributed by atoms with Crippen LogP contribution in [0, 0.1) is 0 Å². The van der Waals surface area contributed by atoms with Gasteiger partial charge in [0.05, 0.1) is 13.2 Å². The standard InChI is InChI=1S/C19H21NO2/c1-2-6-14(7-3-1)17-12-21-13-18(17)20-11-16-10-15-8-4-5-9-19(15)22-16/h1-9,16-18,20H,10-13H2. The van der Waals surface area contributed by atoms with E-state index in [0.717, 1.165) is 31.9 Å². The molecule has 22 heavy (non-hydrogen) atoms. The van der Waals surface area contributed by atoms with Gasteiger partial charge in [0.15, 0.2) is 0 Å². The number of nitrogens with one attached hydrogen (secondary N) is 1. The minimum absolute atomic E-state index is 0.231. The van der Waals surface area contributed by atoms with E-state index in [0.29, 0.717) is 12.0 Å². The van der Waals surface area contributed by atoms with Crippen molar-refractivity contribution in [2.75, 3.05) is 19.8 Å². The average Bonchev–Trinajstić information content (AvgIpc) is 3.20. The van der Waals surface area contributed by atoms with E-state index in [2.05, 4.69) is 53.8 Å². The molecule has 0 spiro atoms. The van der Waals surface area contributed by atoms with Crippen LogP contribution in [0.3, 0.4) is 0 Å². The van der Waals surface area contributed by atoms with E-state index in [1.807, 2.05) is 6.07 Å². The first-order valence-corrected chi connectivity index (χ1v) is 8.01. The van der Waals surface area contributed by atoms with E-state index in [9.17, 15) is 0 Å². The molecule has 2 heterocycles. The largest absolute Gasteiger partial charge is 0.488 e. The highest BCUT2D eigenvalue weighted by Crippen LogP contribution is 2.29. The maximum atomic E-state index is 6.00. The predicted molar refractivity (Wildman–Crippen MR) is 86.4 cm³/mol. The van der Waals surface area contributed by atoms with E-state index in [1.54, 1.807) is 0 Å². The summed E-state index contributed by atoms with van der Waals surface area (Å²) < 4.78 is 11.7. The topological polar surface area (TPSA) is 30.5 Å². The summed E-state index contributed by atoms with van der Waals surface area (Å²) in [5, 5.41) is 3.66. The van der Waals surface area contributed by atoms with Crippen LogP contribution in [0.4, 0.5) is 0 Å². The van der Waals surface area contributed by atoms with Crippen molar-refractivity contribution in [3.8, 4) is 5.75 Å². The SMILES string of the molecule is c1ccc(C2COCC2NCC2Cc3ccccc3O2)cc1. The molecule has 2 aromatic rings. The average molecular weight is 295 g/mol. The van der Waals surface area contributed by atoms with Crippen LogP contribution in [0.5, 0.6) is 5.75 Å². The van der Waals surface area contributed by atoms with Crippen molar-refractivity contribution in [3.63, 3.8) is 0 Å². The van der Waals surface area contributed by atoms with E-state index >= 15 is 0 Å². The second kappa shape index (κ2) is 6.11. The third-order valence-electron chi connectivity index (χ3n) is 4.63. The van der Waals surface area contributed by atoms with Gasteiger partial charge in [0.1, 0.15) is 11.9 Å². The van der Waals surface area contributed by atoms with Crippen molar-refractivity contribution >= 4 is 0 Å². The first kappa shape index (κ1) is 13.8. The minimum atomic E-state index is 0.231. The van der Waals surface area contributed by atoms with Gasteiger partial charge in [-0.2, -0.15) is 0 Å². The Morgan fingerprint density at radius 3 is 2.64 bits per heavy atom. The Balaban J connectivity index is 1.36. The number of ether oxygens (including phenoxy) is 2. The first-order chi connectivity index (χ1) is 10.9. The lowest BCUT2D eigenvalue weighted by Crippen LogP contribution is -2.40. The molecule has 1 N–H and O–H groups in total. The molecular formula is C19H21NO2. The zero-order valence-corrected chi connectivity index (χ0v) is 12.6. The highest BCUT2D eigenvalue weighted by atomic mass is 16.5. The number of fused-ring (bicyclic) bond motifs is 1. The van der Waals surface area contributed by atoms with Crippen molar-refractivity contribution in [3.05, 3.63) is 65.7 Å². The Labute approximate surface area is 131 Å². The summed E-state index contributed by atoms with van der Waals surface area (Å²) in [6.07, 6.45) is 1.22. The van der Waals surface area contributed by atoms with Crippen LogP contribution in [0.25, 0.3) is 0 Å². The summed E-state index contributed by atoms with van der Waals surface area (Å²) >= 11 is 0. The summed E-state index contributed by atoms with van der Waals surface area (Å²) in [5.41, 5.74) is 2.67. The zero-order chi connectivity index (χ0) is 14.8. The Morgan fingerprint density at radius 1 is 0.955 bits per heavy atom. The Kier molecular flexibility index (Phi) is 3.83. The van der Waals surface area contributed by atoms with Gasteiger partial charge >= 0.3 is 0 Å². The van der Waals surface area contributed by atoms with Crippen molar-refractivity contribution < 1.29 is 9.47 Å². The molecule has 3 heteroatoms. The fraction of sp³-hybridized carbons (Fsp3) is 0.368. The summed E-state index contributed by atoms with van der Waals surface area (Å²) in [7, 11) is 0. The monoisotopic (exact) mass is 295 g/mol. The zero-order valence-electron chi connectivity index (χ0n) is 12.6. The molecule has 3 unspecified atom stereocenters. The fourth-order valence-corrected chi connectivity index (χ4v) is 3.43. The minimum Gasteiger partial charge on any atom is -0.488 e. The van der Waals surface area contributed by atoms with Crippen molar-refractivity contribution in [2.45, 2.75) is 24.5 Å². The third kappa shape index (κ3) is 2.74. The quantitative estimate of drug-likeness (QED) is 0.941. The number of hydrogen-bond donors (Lipinski definition) is 1. The summed E-state index contributed by atoms with van der Waals surface area (Å²) in [5.74, 6) is 1.47. The van der Waals surface area contributed by atoms with Gasteiger partial charge in [0.2, 0.25) is 0 Å². The van der Waals surface area contributed by atoms with Crippen molar-refractivity contribution in [2.24, 2.45) is 0 Å². The van der Waals surface area contributed by atoms with Gasteiger partial charge in [0, 0.05) is 24.9 Å². The van der Waals surface area contributed by atoms with Gasteiger partial charge < -0.3 is 14.8 Å². The van der Waals surface area contributed by atoms with Crippen LogP contribution in [0.15, 0.2) is 54.6 Å². The summed E-state index contributed by atoms with van der Waals surface area (Å²) in [6, 6.07) is 19.3. The van der Waals surface area contributed by atoms with Gasteiger partial charge in [-0.3, -0.25) is 0 Å². The van der Waals surface area contributed by atoms with Crippen LogP contribution in [0.2, 0.25) is 0 Å². The molecule has 0 amide bonds. The highest BCUT2D eigenvalue weighted by Gasteiger charge is 2.31. The molecule has 114 valence electrons. The van der Waals surface area contributed by atoms with E-state index in [4.69, 9.17) is 9.47 Å². The highest BCUT2D eigenvalue weighted by molar-refractivity contribution is 5.37. The maximum absolute atomic E-state index is 6.00. The normalized spacial score (nSPS) is 26.6. The molecule has 3 nitrogen and oxygen atoms in total. The predicted octanol–water partition coefficient (Wildman–Crippen LogP) is 2.76. The van der Waals surface area contributed by atoms with Crippen molar-refractivity contribution in [1.29, 1.82) is 0 Å². The lowest BCUT2D eigenvalue weighted by molar-refractivity contribution is 0.181. The molecule has 3 atom stereocenters. The van der Waals surface area contributed by atoms with Gasteiger partial charge in [-0.25, -0.2) is 0 Å². The molecule has 0 aliphatic carbocycles. The van der Waals surface area contributed by atoms with E-state index in [-0.39, 0.29) is 6.10 Å². The maximum Gasteiger partial charge on any atom is 0.123 e. The van der Waals surface area contributed by atoms with Crippen LogP contribution in [-0.2, 0) is 11.2 Å². The molecule has 2 aliphatic heterocycles. The van der Waals surface area contributed by atoms with Gasteiger partial charge in [-0.05, 0) is 17.2 Å². The molecule has 0 radical (unpaired) electrons. The molecule has 2 aliphatic rings. The fourth-order valence-electron chi connectivity index (χ4n) is 3.43. The third-order valence-corrected chi connectivity index (χ3v) is 4.63. The Bertz CT molecular complexity index is 603. The molecule has 1 fully saturated rings. The second-order valence-electron chi connectivity index (χ2n) is 6.12. The van der Waals surface area contributed by atoms with E-state index in [1.165, 1.54) is 11.1 Å². The second-order valence-corrected chi connectivity index (χ2v) is 6.12. The molecule has 4 rings (SSSR count). The van der Waals surface area contributed by atoms with Crippen LogP contribution in [-0.4, -0.2) is 31.9 Å². The molecule has 0 bridgehead atoms. The van der Waals surface area contributed by atoms with Gasteiger partial charge in [0.25, 0.3) is 0 Å².